The number of hydrogen-bond acceptors (Lipinski definition) is 5. The number of anilines is 1. The SMILES string of the molecule is COc1cccc(C(CNC(=O)C2CCN(c3ccc(Cl)cn3)CC2)N(C)C)c1. The summed E-state index contributed by atoms with van der Waals surface area (Å²) in [5.41, 5.74) is 1.12. The maximum absolute atomic E-state index is 12.8. The summed E-state index contributed by atoms with van der Waals surface area (Å²) in [5.74, 6) is 1.90. The minimum Gasteiger partial charge on any atom is -0.497 e. The highest BCUT2D eigenvalue weighted by Crippen LogP contribution is 2.24. The number of carbonyl (C=O) groups excluding carboxylic acids is 1. The second-order valence-electron chi connectivity index (χ2n) is 7.60. The van der Waals surface area contributed by atoms with E-state index in [1.54, 1.807) is 13.3 Å². The van der Waals surface area contributed by atoms with Crippen LogP contribution >= 0.6 is 11.6 Å². The first kappa shape index (κ1) is 21.4. The molecule has 0 saturated carbocycles. The van der Waals surface area contributed by atoms with Crippen molar-refractivity contribution in [1.29, 1.82) is 0 Å². The number of piperidine rings is 1. The number of benzene rings is 1. The number of halogens is 1. The summed E-state index contributed by atoms with van der Waals surface area (Å²) < 4.78 is 5.34. The molecule has 0 bridgehead atoms. The van der Waals surface area contributed by atoms with Gasteiger partial charge in [0.15, 0.2) is 0 Å². The van der Waals surface area contributed by atoms with E-state index in [0.717, 1.165) is 43.1 Å². The van der Waals surface area contributed by atoms with Crippen LogP contribution in [0.25, 0.3) is 0 Å². The highest BCUT2D eigenvalue weighted by molar-refractivity contribution is 6.30. The molecular weight excluding hydrogens is 388 g/mol. The zero-order valence-electron chi connectivity index (χ0n) is 17.3. The first-order chi connectivity index (χ1) is 14.0. The van der Waals surface area contributed by atoms with E-state index in [9.17, 15) is 4.79 Å². The molecule has 0 aliphatic carbocycles. The van der Waals surface area contributed by atoms with Crippen molar-refractivity contribution in [2.24, 2.45) is 5.92 Å². The van der Waals surface area contributed by atoms with E-state index < -0.39 is 0 Å². The average molecular weight is 417 g/mol. The second-order valence-corrected chi connectivity index (χ2v) is 8.03. The van der Waals surface area contributed by atoms with Gasteiger partial charge in [-0.05, 0) is 56.8 Å². The number of ether oxygens (including phenoxy) is 1. The van der Waals surface area contributed by atoms with Crippen LogP contribution < -0.4 is 15.0 Å². The molecule has 2 aromatic rings. The molecular formula is C22H29ClN4O2. The quantitative estimate of drug-likeness (QED) is 0.749. The maximum Gasteiger partial charge on any atom is 0.223 e. The standard InChI is InChI=1S/C22H29ClN4O2/c1-26(2)20(17-5-4-6-19(13-17)29-3)15-25-22(28)16-9-11-27(12-10-16)21-8-7-18(23)14-24-21/h4-8,13-14,16,20H,9-12,15H2,1-3H3,(H,25,28). The molecule has 0 radical (unpaired) electrons. The van der Waals surface area contributed by atoms with Crippen LogP contribution in [0.4, 0.5) is 5.82 Å². The van der Waals surface area contributed by atoms with Gasteiger partial charge in [0.2, 0.25) is 5.91 Å². The molecule has 1 unspecified atom stereocenters. The Bertz CT molecular complexity index is 805. The van der Waals surface area contributed by atoms with Crippen LogP contribution in [0.5, 0.6) is 5.75 Å². The van der Waals surface area contributed by atoms with E-state index in [-0.39, 0.29) is 17.9 Å². The molecule has 1 aliphatic rings. The molecule has 1 amide bonds. The molecule has 7 heteroatoms. The zero-order chi connectivity index (χ0) is 20.8. The van der Waals surface area contributed by atoms with Gasteiger partial charge in [0.1, 0.15) is 11.6 Å². The van der Waals surface area contributed by atoms with Crippen molar-refractivity contribution in [2.45, 2.75) is 18.9 Å². The van der Waals surface area contributed by atoms with Crippen molar-refractivity contribution in [3.05, 3.63) is 53.2 Å². The van der Waals surface area contributed by atoms with Crippen LogP contribution in [0.1, 0.15) is 24.4 Å². The van der Waals surface area contributed by atoms with Gasteiger partial charge in [-0.3, -0.25) is 4.79 Å². The molecule has 29 heavy (non-hydrogen) atoms. The van der Waals surface area contributed by atoms with Crippen LogP contribution in [0, 0.1) is 5.92 Å². The smallest absolute Gasteiger partial charge is 0.223 e. The number of pyridine rings is 1. The van der Waals surface area contributed by atoms with Crippen molar-refractivity contribution in [3.63, 3.8) is 0 Å². The third-order valence-electron chi connectivity index (χ3n) is 5.47. The van der Waals surface area contributed by atoms with E-state index in [1.165, 1.54) is 0 Å². The van der Waals surface area contributed by atoms with Gasteiger partial charge in [0.05, 0.1) is 18.2 Å². The van der Waals surface area contributed by atoms with Crippen molar-refractivity contribution < 1.29 is 9.53 Å². The zero-order valence-corrected chi connectivity index (χ0v) is 18.0. The normalized spacial score (nSPS) is 16.0. The summed E-state index contributed by atoms with van der Waals surface area (Å²) in [6.07, 6.45) is 3.31. The van der Waals surface area contributed by atoms with Crippen LogP contribution in [0.15, 0.2) is 42.6 Å². The van der Waals surface area contributed by atoms with Gasteiger partial charge < -0.3 is 19.9 Å². The van der Waals surface area contributed by atoms with Gasteiger partial charge in [0, 0.05) is 31.7 Å². The fourth-order valence-corrected chi connectivity index (χ4v) is 3.83. The van der Waals surface area contributed by atoms with Gasteiger partial charge in [0.25, 0.3) is 0 Å². The van der Waals surface area contributed by atoms with Crippen molar-refractivity contribution in [3.8, 4) is 5.75 Å². The average Bonchev–Trinajstić information content (AvgIpc) is 2.74. The minimum absolute atomic E-state index is 0.0340. The molecule has 156 valence electrons. The third-order valence-corrected chi connectivity index (χ3v) is 5.70. The fraction of sp³-hybridized carbons (Fsp3) is 0.455. The Morgan fingerprint density at radius 2 is 2.07 bits per heavy atom. The fourth-order valence-electron chi connectivity index (χ4n) is 3.71. The highest BCUT2D eigenvalue weighted by atomic mass is 35.5. The topological polar surface area (TPSA) is 57.7 Å². The van der Waals surface area contributed by atoms with Crippen LogP contribution in [0.2, 0.25) is 5.02 Å². The number of aromatic nitrogens is 1. The Kier molecular flexibility index (Phi) is 7.34. The number of carbonyl (C=O) groups is 1. The molecule has 1 fully saturated rings. The van der Waals surface area contributed by atoms with Crippen molar-refractivity contribution >= 4 is 23.3 Å². The molecule has 3 rings (SSSR count). The van der Waals surface area contributed by atoms with E-state index >= 15 is 0 Å². The van der Waals surface area contributed by atoms with Gasteiger partial charge >= 0.3 is 0 Å². The first-order valence-electron chi connectivity index (χ1n) is 9.92. The summed E-state index contributed by atoms with van der Waals surface area (Å²) >= 11 is 5.91. The molecule has 1 atom stereocenters. The molecule has 2 heterocycles. The van der Waals surface area contributed by atoms with Gasteiger partial charge in [-0.25, -0.2) is 4.98 Å². The number of nitrogens with one attached hydrogen (secondary N) is 1. The Morgan fingerprint density at radius 3 is 2.69 bits per heavy atom. The van der Waals surface area contributed by atoms with E-state index in [0.29, 0.717) is 11.6 Å². The number of amides is 1. The monoisotopic (exact) mass is 416 g/mol. The van der Waals surface area contributed by atoms with Gasteiger partial charge in [-0.1, -0.05) is 23.7 Å². The van der Waals surface area contributed by atoms with Crippen LogP contribution in [0.3, 0.4) is 0 Å². The van der Waals surface area contributed by atoms with Crippen molar-refractivity contribution in [1.82, 2.24) is 15.2 Å². The molecule has 1 aromatic carbocycles. The summed E-state index contributed by atoms with van der Waals surface area (Å²) in [7, 11) is 5.71. The molecule has 1 N–H and O–H groups in total. The summed E-state index contributed by atoms with van der Waals surface area (Å²) in [4.78, 5) is 21.5. The van der Waals surface area contributed by atoms with E-state index in [1.807, 2.05) is 44.4 Å². The predicted octanol–water partition coefficient (Wildman–Crippen LogP) is 3.38. The van der Waals surface area contributed by atoms with E-state index in [2.05, 4.69) is 26.2 Å². The lowest BCUT2D eigenvalue weighted by Gasteiger charge is -2.33. The number of hydrogen-bond donors (Lipinski definition) is 1. The van der Waals surface area contributed by atoms with Gasteiger partial charge in [-0.2, -0.15) is 0 Å². The van der Waals surface area contributed by atoms with Gasteiger partial charge in [-0.15, -0.1) is 0 Å². The summed E-state index contributed by atoms with van der Waals surface area (Å²) in [5, 5.41) is 3.79. The number of rotatable bonds is 7. The maximum atomic E-state index is 12.8. The summed E-state index contributed by atoms with van der Waals surface area (Å²) in [6, 6.07) is 11.9. The van der Waals surface area contributed by atoms with Crippen LogP contribution in [-0.2, 0) is 4.79 Å². The number of likely N-dealkylation sites (N-methyl/N-ethyl adjacent to an activating group) is 1. The summed E-state index contributed by atoms with van der Waals surface area (Å²) in [6.45, 7) is 2.21. The third kappa shape index (κ3) is 5.61. The Hall–Kier alpha value is -2.31. The Labute approximate surface area is 177 Å². The number of methoxy groups -OCH3 is 1. The number of nitrogens with zero attached hydrogens (tertiary/aromatic N) is 3. The molecule has 6 nitrogen and oxygen atoms in total. The Balaban J connectivity index is 1.53. The highest BCUT2D eigenvalue weighted by Gasteiger charge is 2.26. The molecule has 1 aliphatic heterocycles. The lowest BCUT2D eigenvalue weighted by molar-refractivity contribution is -0.125. The molecule has 1 aromatic heterocycles. The van der Waals surface area contributed by atoms with Crippen LogP contribution in [-0.4, -0.2) is 56.6 Å². The predicted molar refractivity (Wildman–Crippen MR) is 117 cm³/mol. The van der Waals surface area contributed by atoms with Crippen molar-refractivity contribution in [2.75, 3.05) is 45.7 Å². The Morgan fingerprint density at radius 1 is 1.31 bits per heavy atom. The molecule has 1 saturated heterocycles. The lowest BCUT2D eigenvalue weighted by atomic mass is 9.95. The second kappa shape index (κ2) is 9.94. The lowest BCUT2D eigenvalue weighted by Crippen LogP contribution is -2.43. The van der Waals surface area contributed by atoms with E-state index in [4.69, 9.17) is 16.3 Å². The first-order valence-corrected chi connectivity index (χ1v) is 10.3. The largest absolute Gasteiger partial charge is 0.497 e. The minimum atomic E-state index is 0.0340. The molecule has 0 spiro atoms.